The molecule has 0 aliphatic carbocycles. The van der Waals surface area contributed by atoms with Gasteiger partial charge in [-0.3, -0.25) is 14.6 Å². The molecule has 2 amide bonds. The summed E-state index contributed by atoms with van der Waals surface area (Å²) in [6, 6.07) is 16.1. The lowest BCUT2D eigenvalue weighted by atomic mass is 10.1. The third kappa shape index (κ3) is 5.11. The molecule has 0 saturated heterocycles. The Labute approximate surface area is 170 Å². The Kier molecular flexibility index (Phi) is 6.29. The van der Waals surface area contributed by atoms with Crippen LogP contribution in [0.4, 0.5) is 5.69 Å². The molecule has 0 spiro atoms. The van der Waals surface area contributed by atoms with Gasteiger partial charge in [-0.25, -0.2) is 5.43 Å². The summed E-state index contributed by atoms with van der Waals surface area (Å²) in [7, 11) is 0. The standard InChI is InChI=1S/C21H17BrN4O2/c1-14-4-2-5-15(10-14)12-24-26-21(28)18-11-17(22)7-8-19(18)25-20(27)16-6-3-9-23-13-16/h2-13H,1H3,(H,25,27)(H,26,28). The number of hydrogen-bond donors (Lipinski definition) is 2. The summed E-state index contributed by atoms with van der Waals surface area (Å²) in [6.45, 7) is 1.98. The lowest BCUT2D eigenvalue weighted by molar-refractivity contribution is 0.0956. The van der Waals surface area contributed by atoms with E-state index in [0.717, 1.165) is 11.1 Å². The summed E-state index contributed by atoms with van der Waals surface area (Å²) in [6.07, 6.45) is 4.61. The molecular weight excluding hydrogens is 420 g/mol. The van der Waals surface area contributed by atoms with Gasteiger partial charge in [0.2, 0.25) is 0 Å². The number of aryl methyl sites for hydroxylation is 1. The minimum absolute atomic E-state index is 0.285. The average Bonchev–Trinajstić information content (AvgIpc) is 2.70. The van der Waals surface area contributed by atoms with Crippen molar-refractivity contribution in [1.29, 1.82) is 0 Å². The molecule has 0 saturated carbocycles. The number of nitrogens with one attached hydrogen (secondary N) is 2. The van der Waals surface area contributed by atoms with E-state index in [1.54, 1.807) is 42.7 Å². The van der Waals surface area contributed by atoms with Crippen LogP contribution in [0.3, 0.4) is 0 Å². The van der Waals surface area contributed by atoms with Gasteiger partial charge in [-0.1, -0.05) is 45.8 Å². The van der Waals surface area contributed by atoms with Crippen LogP contribution in [0, 0.1) is 6.92 Å². The molecule has 0 fully saturated rings. The topological polar surface area (TPSA) is 83.5 Å². The maximum Gasteiger partial charge on any atom is 0.273 e. The van der Waals surface area contributed by atoms with Crippen LogP contribution in [0.2, 0.25) is 0 Å². The normalized spacial score (nSPS) is 10.6. The van der Waals surface area contributed by atoms with Gasteiger partial charge < -0.3 is 5.32 Å². The number of nitrogens with zero attached hydrogens (tertiary/aromatic N) is 2. The first kappa shape index (κ1) is 19.4. The number of pyridine rings is 1. The smallest absolute Gasteiger partial charge is 0.273 e. The number of amides is 2. The van der Waals surface area contributed by atoms with Gasteiger partial charge in [-0.15, -0.1) is 0 Å². The highest BCUT2D eigenvalue weighted by molar-refractivity contribution is 9.10. The van der Waals surface area contributed by atoms with E-state index >= 15 is 0 Å². The Morgan fingerprint density at radius 3 is 2.68 bits per heavy atom. The number of rotatable bonds is 5. The van der Waals surface area contributed by atoms with Crippen molar-refractivity contribution < 1.29 is 9.59 Å². The van der Waals surface area contributed by atoms with Crippen molar-refractivity contribution in [2.45, 2.75) is 6.92 Å². The second kappa shape index (κ2) is 9.05. The number of carbonyl (C=O) groups is 2. The highest BCUT2D eigenvalue weighted by Gasteiger charge is 2.15. The Hall–Kier alpha value is -3.32. The van der Waals surface area contributed by atoms with Crippen LogP contribution in [-0.2, 0) is 0 Å². The van der Waals surface area contributed by atoms with Gasteiger partial charge in [0.15, 0.2) is 0 Å². The van der Waals surface area contributed by atoms with E-state index in [1.807, 2.05) is 31.2 Å². The fourth-order valence-corrected chi connectivity index (χ4v) is 2.84. The molecule has 3 aromatic rings. The first-order valence-corrected chi connectivity index (χ1v) is 9.23. The summed E-state index contributed by atoms with van der Waals surface area (Å²) < 4.78 is 0.708. The maximum atomic E-state index is 12.6. The van der Waals surface area contributed by atoms with Gasteiger partial charge in [-0.05, 0) is 42.8 Å². The van der Waals surface area contributed by atoms with Crippen molar-refractivity contribution in [1.82, 2.24) is 10.4 Å². The van der Waals surface area contributed by atoms with Gasteiger partial charge in [0.1, 0.15) is 0 Å². The number of hydrogen-bond acceptors (Lipinski definition) is 4. The zero-order chi connectivity index (χ0) is 19.9. The van der Waals surface area contributed by atoms with Crippen molar-refractivity contribution >= 4 is 39.6 Å². The fourth-order valence-electron chi connectivity index (χ4n) is 2.48. The molecule has 0 bridgehead atoms. The second-order valence-corrected chi connectivity index (χ2v) is 6.91. The third-order valence-corrected chi connectivity index (χ3v) is 4.31. The zero-order valence-corrected chi connectivity index (χ0v) is 16.6. The summed E-state index contributed by atoms with van der Waals surface area (Å²) in [5.41, 5.74) is 5.53. The lowest BCUT2D eigenvalue weighted by Crippen LogP contribution is -2.21. The summed E-state index contributed by atoms with van der Waals surface area (Å²) in [5.74, 6) is -0.792. The summed E-state index contributed by atoms with van der Waals surface area (Å²) in [4.78, 5) is 28.9. The first-order chi connectivity index (χ1) is 13.5. The van der Waals surface area contributed by atoms with E-state index in [4.69, 9.17) is 0 Å². The molecule has 0 aliphatic rings. The lowest BCUT2D eigenvalue weighted by Gasteiger charge is -2.10. The molecule has 2 aromatic carbocycles. The molecule has 0 unspecified atom stereocenters. The van der Waals surface area contributed by atoms with Crippen LogP contribution < -0.4 is 10.7 Å². The Balaban J connectivity index is 1.76. The van der Waals surface area contributed by atoms with Crippen LogP contribution in [0.1, 0.15) is 31.8 Å². The van der Waals surface area contributed by atoms with Crippen LogP contribution in [0.15, 0.2) is 76.6 Å². The highest BCUT2D eigenvalue weighted by Crippen LogP contribution is 2.22. The van der Waals surface area contributed by atoms with Gasteiger partial charge in [0.25, 0.3) is 11.8 Å². The number of benzene rings is 2. The molecule has 0 atom stereocenters. The van der Waals surface area contributed by atoms with Gasteiger partial charge in [-0.2, -0.15) is 5.10 Å². The third-order valence-electron chi connectivity index (χ3n) is 3.82. The molecule has 1 heterocycles. The Morgan fingerprint density at radius 1 is 1.07 bits per heavy atom. The minimum Gasteiger partial charge on any atom is -0.321 e. The predicted molar refractivity (Wildman–Crippen MR) is 113 cm³/mol. The van der Waals surface area contributed by atoms with Crippen LogP contribution in [0.25, 0.3) is 0 Å². The molecule has 2 N–H and O–H groups in total. The van der Waals surface area contributed by atoms with Crippen molar-refractivity contribution in [3.63, 3.8) is 0 Å². The number of carbonyl (C=O) groups excluding carboxylic acids is 2. The number of halogens is 1. The van der Waals surface area contributed by atoms with Crippen molar-refractivity contribution in [3.05, 3.63) is 93.7 Å². The van der Waals surface area contributed by atoms with E-state index in [0.29, 0.717) is 15.7 Å². The molecule has 7 heteroatoms. The second-order valence-electron chi connectivity index (χ2n) is 6.00. The fraction of sp³-hybridized carbons (Fsp3) is 0.0476. The monoisotopic (exact) mass is 436 g/mol. The Bertz CT molecular complexity index is 1040. The minimum atomic E-state index is -0.438. The predicted octanol–water partition coefficient (Wildman–Crippen LogP) is 4.17. The van der Waals surface area contributed by atoms with E-state index in [9.17, 15) is 9.59 Å². The average molecular weight is 437 g/mol. The maximum absolute atomic E-state index is 12.6. The largest absolute Gasteiger partial charge is 0.321 e. The van der Waals surface area contributed by atoms with Crippen LogP contribution >= 0.6 is 15.9 Å². The zero-order valence-electron chi connectivity index (χ0n) is 15.0. The number of anilines is 1. The molecule has 28 heavy (non-hydrogen) atoms. The van der Waals surface area contributed by atoms with Gasteiger partial charge >= 0.3 is 0 Å². The van der Waals surface area contributed by atoms with Gasteiger partial charge in [0, 0.05) is 16.9 Å². The molecule has 1 aromatic heterocycles. The van der Waals surface area contributed by atoms with E-state index in [1.165, 1.54) is 6.20 Å². The Morgan fingerprint density at radius 2 is 1.93 bits per heavy atom. The SMILES string of the molecule is Cc1cccc(C=NNC(=O)c2cc(Br)ccc2NC(=O)c2cccnc2)c1. The molecule has 0 radical (unpaired) electrons. The molecule has 3 rings (SSSR count). The van der Waals surface area contributed by atoms with Crippen LogP contribution in [0.5, 0.6) is 0 Å². The van der Waals surface area contributed by atoms with Crippen molar-refractivity contribution in [2.75, 3.05) is 5.32 Å². The molecule has 6 nitrogen and oxygen atoms in total. The first-order valence-electron chi connectivity index (χ1n) is 8.44. The van der Waals surface area contributed by atoms with Gasteiger partial charge in [0.05, 0.1) is 23.0 Å². The quantitative estimate of drug-likeness (QED) is 0.464. The molecule has 0 aliphatic heterocycles. The van der Waals surface area contributed by atoms with E-state index in [-0.39, 0.29) is 11.5 Å². The molecular formula is C21H17BrN4O2. The summed E-state index contributed by atoms with van der Waals surface area (Å²) >= 11 is 3.35. The summed E-state index contributed by atoms with van der Waals surface area (Å²) in [5, 5.41) is 6.74. The number of hydrazone groups is 1. The van der Waals surface area contributed by atoms with Crippen molar-refractivity contribution in [3.8, 4) is 0 Å². The number of aromatic nitrogens is 1. The van der Waals surface area contributed by atoms with Crippen molar-refractivity contribution in [2.24, 2.45) is 5.10 Å². The highest BCUT2D eigenvalue weighted by atomic mass is 79.9. The van der Waals surface area contributed by atoms with E-state index < -0.39 is 5.91 Å². The molecule has 140 valence electrons. The van der Waals surface area contributed by atoms with Crippen LogP contribution in [-0.4, -0.2) is 23.0 Å². The van der Waals surface area contributed by atoms with E-state index in [2.05, 4.69) is 36.8 Å².